The lowest BCUT2D eigenvalue weighted by atomic mass is 10.1. The van der Waals surface area contributed by atoms with Crippen molar-refractivity contribution in [2.75, 3.05) is 0 Å². The predicted octanol–water partition coefficient (Wildman–Crippen LogP) is 0.996. The summed E-state index contributed by atoms with van der Waals surface area (Å²) in [5.41, 5.74) is 2.49. The summed E-state index contributed by atoms with van der Waals surface area (Å²) in [6.07, 6.45) is 1.10. The van der Waals surface area contributed by atoms with E-state index in [1.807, 2.05) is 35.8 Å². The zero-order valence-electron chi connectivity index (χ0n) is 13.7. The molecule has 2 aromatic carbocycles. The number of nitro benzene ring substituents is 1. The van der Waals surface area contributed by atoms with Crippen molar-refractivity contribution in [3.63, 3.8) is 0 Å². The Bertz CT molecular complexity index is 851. The van der Waals surface area contributed by atoms with Crippen molar-refractivity contribution >= 4 is 23.7 Å². The maximum Gasteiger partial charge on any atom is 0.329 e. The van der Waals surface area contributed by atoms with E-state index < -0.39 is 28.2 Å². The first kappa shape index (κ1) is 18.6. The zero-order valence-corrected chi connectivity index (χ0v) is 13.7. The fraction of sp³-hybridized carbons (Fsp3) is 0.118. The third-order valence-electron chi connectivity index (χ3n) is 3.41. The summed E-state index contributed by atoms with van der Waals surface area (Å²) in [7, 11) is 0. The first-order chi connectivity index (χ1) is 12.4. The Labute approximate surface area is 148 Å². The smallest absolute Gasteiger partial charge is 0.329 e. The fourth-order valence-electron chi connectivity index (χ4n) is 2.06. The highest BCUT2D eigenvalue weighted by molar-refractivity contribution is 6.35. The number of carbonyl (C=O) groups excluding carboxylic acids is 2. The monoisotopic (exact) mass is 355 g/mol. The molecule has 0 saturated heterocycles. The van der Waals surface area contributed by atoms with Crippen LogP contribution in [0.3, 0.4) is 0 Å². The number of hydrogen-bond donors (Lipinski definition) is 2. The summed E-state index contributed by atoms with van der Waals surface area (Å²) in [4.78, 5) is 33.5. The number of nitro groups is 1. The minimum absolute atomic E-state index is 0.231. The Kier molecular flexibility index (Phi) is 5.99. The first-order valence-electron chi connectivity index (χ1n) is 7.53. The molecule has 0 aliphatic rings. The van der Waals surface area contributed by atoms with Crippen molar-refractivity contribution in [3.05, 3.63) is 69.8 Å². The molecule has 0 fully saturated rings. The molecule has 1 atom stereocenters. The number of nitrogens with zero attached hydrogens (tertiary/aromatic N) is 2. The van der Waals surface area contributed by atoms with Crippen LogP contribution in [-0.4, -0.2) is 23.0 Å². The summed E-state index contributed by atoms with van der Waals surface area (Å²) in [5.74, 6) is -2.59. The van der Waals surface area contributed by atoms with E-state index >= 15 is 0 Å². The van der Waals surface area contributed by atoms with Crippen LogP contribution in [0, 0.1) is 10.1 Å². The van der Waals surface area contributed by atoms with Gasteiger partial charge in [-0.15, -0.1) is 0 Å². The highest BCUT2D eigenvalue weighted by Crippen LogP contribution is 2.22. The van der Waals surface area contributed by atoms with Gasteiger partial charge >= 0.3 is 11.8 Å². The van der Waals surface area contributed by atoms with Gasteiger partial charge in [-0.1, -0.05) is 42.5 Å². The largest absolute Gasteiger partial charge is 0.868 e. The lowest BCUT2D eigenvalue weighted by molar-refractivity contribution is -0.398. The Hall–Kier alpha value is -3.75. The van der Waals surface area contributed by atoms with Crippen LogP contribution in [0.1, 0.15) is 24.1 Å². The second-order valence-electron chi connectivity index (χ2n) is 5.29. The summed E-state index contributed by atoms with van der Waals surface area (Å²) >= 11 is 0. The van der Waals surface area contributed by atoms with Gasteiger partial charge in [0.1, 0.15) is 0 Å². The van der Waals surface area contributed by atoms with Gasteiger partial charge in [-0.2, -0.15) is 5.10 Å². The minimum atomic E-state index is -0.987. The molecule has 0 aliphatic carbocycles. The van der Waals surface area contributed by atoms with Gasteiger partial charge < -0.3 is 10.4 Å². The van der Waals surface area contributed by atoms with Crippen molar-refractivity contribution in [1.82, 2.24) is 10.7 Å². The van der Waals surface area contributed by atoms with Crippen LogP contribution >= 0.6 is 0 Å². The number of carbonyl (C=O) groups is 2. The van der Waals surface area contributed by atoms with E-state index in [1.165, 1.54) is 6.07 Å². The maximum absolute atomic E-state index is 11.8. The highest BCUT2D eigenvalue weighted by atomic mass is 16.6. The number of hydrogen-bond acceptors (Lipinski definition) is 6. The van der Waals surface area contributed by atoms with Crippen LogP contribution in [0.5, 0.6) is 5.75 Å². The second-order valence-corrected chi connectivity index (χ2v) is 5.29. The lowest BCUT2D eigenvalue weighted by Gasteiger charge is -2.13. The van der Waals surface area contributed by atoms with Crippen LogP contribution in [0.25, 0.3) is 0 Å². The Morgan fingerprint density at radius 1 is 1.15 bits per heavy atom. The van der Waals surface area contributed by atoms with Crippen molar-refractivity contribution in [3.8, 4) is 5.75 Å². The molecule has 2 N–H and O–H groups in total. The maximum atomic E-state index is 11.8. The predicted molar refractivity (Wildman–Crippen MR) is 91.3 cm³/mol. The van der Waals surface area contributed by atoms with E-state index in [0.717, 1.165) is 23.9 Å². The quantitative estimate of drug-likeness (QED) is 0.357. The van der Waals surface area contributed by atoms with Crippen LogP contribution in [0.4, 0.5) is 5.69 Å². The number of benzene rings is 2. The van der Waals surface area contributed by atoms with E-state index in [0.29, 0.717) is 0 Å². The second kappa shape index (κ2) is 8.38. The van der Waals surface area contributed by atoms with E-state index in [4.69, 9.17) is 0 Å². The van der Waals surface area contributed by atoms with Gasteiger partial charge in [-0.25, -0.2) is 5.43 Å². The van der Waals surface area contributed by atoms with E-state index in [1.54, 1.807) is 6.92 Å². The number of nitrogens with one attached hydrogen (secondary N) is 2. The van der Waals surface area contributed by atoms with Gasteiger partial charge in [-0.05, 0) is 18.2 Å². The molecule has 0 heterocycles. The van der Waals surface area contributed by atoms with Crippen molar-refractivity contribution < 1.29 is 19.6 Å². The highest BCUT2D eigenvalue weighted by Gasteiger charge is 2.16. The summed E-state index contributed by atoms with van der Waals surface area (Å²) in [5, 5.41) is 28.1. The molecule has 2 amide bonds. The minimum Gasteiger partial charge on any atom is -0.868 e. The topological polar surface area (TPSA) is 137 Å². The van der Waals surface area contributed by atoms with Crippen LogP contribution in [0.2, 0.25) is 0 Å². The van der Waals surface area contributed by atoms with Gasteiger partial charge in [0, 0.05) is 11.6 Å². The standard InChI is InChI=1S/C17H16N4O5/c1-11(13-5-3-2-4-6-13)19-16(23)17(24)20-18-10-12-7-8-15(22)14(9-12)21(25)26/h2-11,22H,1H3,(H,19,23)(H,20,24)/p-1/b18-10-/t11-/m1/s1. The van der Waals surface area contributed by atoms with E-state index in [9.17, 15) is 24.8 Å². The molecule has 0 saturated carbocycles. The molecule has 26 heavy (non-hydrogen) atoms. The fourth-order valence-corrected chi connectivity index (χ4v) is 2.06. The average molecular weight is 355 g/mol. The Morgan fingerprint density at radius 3 is 2.50 bits per heavy atom. The number of rotatable bonds is 5. The summed E-state index contributed by atoms with van der Waals surface area (Å²) < 4.78 is 0. The normalized spacial score (nSPS) is 11.7. The molecule has 0 spiro atoms. The molecular weight excluding hydrogens is 340 g/mol. The molecule has 0 radical (unpaired) electrons. The summed E-state index contributed by atoms with van der Waals surface area (Å²) in [6.45, 7) is 1.73. The van der Waals surface area contributed by atoms with Gasteiger partial charge in [0.05, 0.1) is 17.2 Å². The molecule has 2 aromatic rings. The first-order valence-corrected chi connectivity index (χ1v) is 7.53. The zero-order chi connectivity index (χ0) is 19.1. The lowest BCUT2D eigenvalue weighted by Crippen LogP contribution is -2.39. The molecule has 0 bridgehead atoms. The van der Waals surface area contributed by atoms with Crippen LogP contribution < -0.4 is 15.8 Å². The molecule has 2 rings (SSSR count). The molecule has 9 nitrogen and oxygen atoms in total. The average Bonchev–Trinajstić information content (AvgIpc) is 2.63. The van der Waals surface area contributed by atoms with Crippen molar-refractivity contribution in [2.45, 2.75) is 13.0 Å². The number of hydrazone groups is 1. The van der Waals surface area contributed by atoms with Crippen molar-refractivity contribution in [2.24, 2.45) is 5.10 Å². The SMILES string of the molecule is C[C@@H](NC(=O)C(=O)N/N=C\c1ccc([O-])c([N+](=O)[O-])c1)c1ccccc1. The van der Waals surface area contributed by atoms with Crippen LogP contribution in [-0.2, 0) is 9.59 Å². The van der Waals surface area contributed by atoms with Crippen LogP contribution in [0.15, 0.2) is 53.6 Å². The molecule has 0 aromatic heterocycles. The molecule has 0 unspecified atom stereocenters. The molecule has 9 heteroatoms. The summed E-state index contributed by atoms with van der Waals surface area (Å²) in [6, 6.07) is 12.1. The van der Waals surface area contributed by atoms with Gasteiger partial charge in [-0.3, -0.25) is 19.7 Å². The van der Waals surface area contributed by atoms with Crippen molar-refractivity contribution in [1.29, 1.82) is 0 Å². The Balaban J connectivity index is 1.93. The Morgan fingerprint density at radius 2 is 1.85 bits per heavy atom. The van der Waals surface area contributed by atoms with E-state index in [2.05, 4.69) is 10.4 Å². The molecule has 134 valence electrons. The van der Waals surface area contributed by atoms with Gasteiger partial charge in [0.2, 0.25) is 0 Å². The van der Waals surface area contributed by atoms with E-state index in [-0.39, 0.29) is 11.6 Å². The number of amides is 2. The van der Waals surface area contributed by atoms with Gasteiger partial charge in [0.15, 0.2) is 0 Å². The van der Waals surface area contributed by atoms with Gasteiger partial charge in [0.25, 0.3) is 5.69 Å². The molecular formula is C17H15N4O5-. The third kappa shape index (κ3) is 4.87. The third-order valence-corrected chi connectivity index (χ3v) is 3.41. The molecule has 0 aliphatic heterocycles.